The second-order valence-corrected chi connectivity index (χ2v) is 20.6. The summed E-state index contributed by atoms with van der Waals surface area (Å²) in [6.45, 7) is 27.6. The van der Waals surface area contributed by atoms with Gasteiger partial charge in [0.25, 0.3) is 0 Å². The first-order chi connectivity index (χ1) is 19.8. The molecule has 4 nitrogen and oxygen atoms in total. The van der Waals surface area contributed by atoms with Gasteiger partial charge in [-0.3, -0.25) is 4.79 Å². The van der Waals surface area contributed by atoms with E-state index in [4.69, 9.17) is 9.53 Å². The Bertz CT molecular complexity index is 1410. The monoisotopic (exact) mass is 621 g/mol. The lowest BCUT2D eigenvalue weighted by Gasteiger charge is -2.43. The normalized spacial score (nSPS) is 13.8. The maximum Gasteiger partial charge on any atom is 0.309 e. The maximum atomic E-state index is 11.1. The molecule has 1 atom stereocenters. The fourth-order valence-electron chi connectivity index (χ4n) is 5.86. The molecule has 6 heteroatoms. The molecule has 0 amide bonds. The van der Waals surface area contributed by atoms with Crippen LogP contribution in [0.1, 0.15) is 108 Å². The number of hydrogen-bond donors (Lipinski definition) is 1. The zero-order valence-corrected chi connectivity index (χ0v) is 30.6. The molecule has 3 aromatic rings. The number of nitrogens with zero attached hydrogens (tertiary/aromatic N) is 1. The molecular formula is C37H55NO3SSi. The highest BCUT2D eigenvalue weighted by molar-refractivity contribution is 7.13. The van der Waals surface area contributed by atoms with Gasteiger partial charge in [0.05, 0.1) is 18.2 Å². The van der Waals surface area contributed by atoms with Gasteiger partial charge in [-0.2, -0.15) is 0 Å². The van der Waals surface area contributed by atoms with E-state index in [1.54, 1.807) is 0 Å². The number of hydrogen-bond acceptors (Lipinski definition) is 4. The molecule has 2 aromatic carbocycles. The Kier molecular flexibility index (Phi) is 10.9. The Labute approximate surface area is 266 Å². The molecule has 0 saturated carbocycles. The number of rotatable bonds is 12. The van der Waals surface area contributed by atoms with E-state index in [9.17, 15) is 4.79 Å². The molecule has 0 aliphatic carbocycles. The molecule has 0 fully saturated rings. The summed E-state index contributed by atoms with van der Waals surface area (Å²) in [4.78, 5) is 15.7. The quantitative estimate of drug-likeness (QED) is 0.204. The third-order valence-corrected chi connectivity index (χ3v) is 15.3. The fourth-order valence-corrected chi connectivity index (χ4v) is 8.31. The Balaban J connectivity index is 1.88. The van der Waals surface area contributed by atoms with E-state index >= 15 is 0 Å². The molecular weight excluding hydrogens is 567 g/mol. The van der Waals surface area contributed by atoms with Crippen LogP contribution >= 0.6 is 11.3 Å². The Morgan fingerprint density at radius 2 is 1.53 bits per heavy atom. The number of carboxylic acids is 1. The topological polar surface area (TPSA) is 59.4 Å². The van der Waals surface area contributed by atoms with Crippen molar-refractivity contribution in [1.29, 1.82) is 0 Å². The SMILES string of the molecule is CCC(CC)(c1ccc(CCC(O[Si](C)(C)C(C)(C)C)C(C)(C)C)c(C)c1)c1ccc(-c2nc(CC(=O)O)cs2)c(C)c1. The molecule has 0 saturated heterocycles. The summed E-state index contributed by atoms with van der Waals surface area (Å²) in [6.07, 6.45) is 4.23. The summed E-state index contributed by atoms with van der Waals surface area (Å²) in [6, 6.07) is 13.9. The van der Waals surface area contributed by atoms with Gasteiger partial charge in [0, 0.05) is 16.4 Å². The molecule has 1 heterocycles. The van der Waals surface area contributed by atoms with Crippen molar-refractivity contribution in [3.8, 4) is 10.6 Å². The molecule has 1 N–H and O–H groups in total. The number of aliphatic carboxylic acids is 1. The summed E-state index contributed by atoms with van der Waals surface area (Å²) in [5.41, 5.74) is 8.32. The number of benzene rings is 2. The molecule has 0 aliphatic heterocycles. The van der Waals surface area contributed by atoms with Crippen molar-refractivity contribution in [3.05, 3.63) is 75.3 Å². The first-order valence-corrected chi connectivity index (χ1v) is 19.7. The van der Waals surface area contributed by atoms with E-state index in [-0.39, 0.29) is 28.4 Å². The molecule has 1 unspecified atom stereocenters. The average molecular weight is 622 g/mol. The second-order valence-electron chi connectivity index (χ2n) is 14.9. The van der Waals surface area contributed by atoms with Gasteiger partial charge in [0.2, 0.25) is 0 Å². The molecule has 0 bridgehead atoms. The lowest BCUT2D eigenvalue weighted by atomic mass is 9.69. The number of aryl methyl sites for hydroxylation is 3. The molecule has 1 aromatic heterocycles. The summed E-state index contributed by atoms with van der Waals surface area (Å²) in [5.74, 6) is -0.852. The van der Waals surface area contributed by atoms with Gasteiger partial charge in [-0.25, -0.2) is 4.98 Å². The first kappa shape index (κ1) is 35.2. The summed E-state index contributed by atoms with van der Waals surface area (Å²) in [7, 11) is -1.87. The molecule has 0 spiro atoms. The van der Waals surface area contributed by atoms with Crippen molar-refractivity contribution in [2.45, 2.75) is 131 Å². The van der Waals surface area contributed by atoms with Gasteiger partial charge in [0.15, 0.2) is 8.32 Å². The maximum absolute atomic E-state index is 11.1. The van der Waals surface area contributed by atoms with Gasteiger partial charge in [-0.15, -0.1) is 11.3 Å². The van der Waals surface area contributed by atoms with Gasteiger partial charge in [0.1, 0.15) is 5.01 Å². The average Bonchev–Trinajstić information content (AvgIpc) is 3.34. The van der Waals surface area contributed by atoms with Crippen LogP contribution in [0.25, 0.3) is 10.6 Å². The van der Waals surface area contributed by atoms with Crippen LogP contribution in [0.4, 0.5) is 0 Å². The van der Waals surface area contributed by atoms with E-state index in [0.29, 0.717) is 5.69 Å². The van der Waals surface area contributed by atoms with Crippen LogP contribution in [0.5, 0.6) is 0 Å². The van der Waals surface area contributed by atoms with Crippen LogP contribution in [0.15, 0.2) is 41.8 Å². The van der Waals surface area contributed by atoms with Crippen molar-refractivity contribution < 1.29 is 14.3 Å². The zero-order chi connectivity index (χ0) is 32.4. The Morgan fingerprint density at radius 3 is 2.02 bits per heavy atom. The number of carboxylic acid groups (broad SMARTS) is 1. The lowest BCUT2D eigenvalue weighted by Crippen LogP contribution is -2.47. The fraction of sp³-hybridized carbons (Fsp3) is 0.568. The minimum absolute atomic E-state index is 0.0434. The van der Waals surface area contributed by atoms with Gasteiger partial charge < -0.3 is 9.53 Å². The number of carbonyl (C=O) groups is 1. The van der Waals surface area contributed by atoms with Crippen LogP contribution in [-0.4, -0.2) is 30.5 Å². The van der Waals surface area contributed by atoms with Crippen LogP contribution in [0, 0.1) is 19.3 Å². The Morgan fingerprint density at radius 1 is 0.953 bits per heavy atom. The predicted molar refractivity (Wildman–Crippen MR) is 186 cm³/mol. The zero-order valence-electron chi connectivity index (χ0n) is 28.8. The van der Waals surface area contributed by atoms with Gasteiger partial charge >= 0.3 is 5.97 Å². The van der Waals surface area contributed by atoms with Gasteiger partial charge in [-0.1, -0.05) is 91.8 Å². The van der Waals surface area contributed by atoms with E-state index in [1.807, 2.05) is 5.38 Å². The lowest BCUT2D eigenvalue weighted by molar-refractivity contribution is -0.136. The standard InChI is InChI=1S/C37H55NO3SSi/c1-13-37(14-2,29-18-19-31(26(4)22-29)34-38-30(24-42-34)23-33(39)40)28-17-15-27(25(3)21-28)16-20-32(35(5,6)7)41-43(11,12)36(8,9)10/h15,17-19,21-22,24,32H,13-14,16,20,23H2,1-12H3,(H,39,40). The molecule has 0 aliphatic rings. The highest BCUT2D eigenvalue weighted by atomic mass is 32.1. The number of thiazole rings is 1. The van der Waals surface area contributed by atoms with Crippen LogP contribution in [-0.2, 0) is 27.5 Å². The highest BCUT2D eigenvalue weighted by Crippen LogP contribution is 2.43. The first-order valence-electron chi connectivity index (χ1n) is 15.9. The van der Waals surface area contributed by atoms with Crippen molar-refractivity contribution in [2.24, 2.45) is 5.41 Å². The second kappa shape index (κ2) is 13.4. The van der Waals surface area contributed by atoms with Crippen LogP contribution in [0.3, 0.4) is 0 Å². The summed E-state index contributed by atoms with van der Waals surface area (Å²) in [5, 5.41) is 12.1. The van der Waals surface area contributed by atoms with Crippen LogP contribution in [0.2, 0.25) is 18.1 Å². The van der Waals surface area contributed by atoms with Crippen molar-refractivity contribution in [2.75, 3.05) is 0 Å². The van der Waals surface area contributed by atoms with Crippen molar-refractivity contribution in [1.82, 2.24) is 4.98 Å². The molecule has 236 valence electrons. The van der Waals surface area contributed by atoms with E-state index in [0.717, 1.165) is 36.3 Å². The minimum Gasteiger partial charge on any atom is -0.481 e. The Hall–Kier alpha value is -2.28. The molecule has 43 heavy (non-hydrogen) atoms. The predicted octanol–water partition coefficient (Wildman–Crippen LogP) is 10.5. The smallest absolute Gasteiger partial charge is 0.309 e. The van der Waals surface area contributed by atoms with Gasteiger partial charge in [-0.05, 0) is 90.9 Å². The van der Waals surface area contributed by atoms with Crippen molar-refractivity contribution >= 4 is 25.6 Å². The van der Waals surface area contributed by atoms with E-state index < -0.39 is 14.3 Å². The summed E-state index contributed by atoms with van der Waals surface area (Å²) >= 11 is 1.51. The third-order valence-electron chi connectivity index (χ3n) is 9.88. The minimum atomic E-state index is -1.87. The highest BCUT2D eigenvalue weighted by Gasteiger charge is 2.41. The van der Waals surface area contributed by atoms with Crippen LogP contribution < -0.4 is 0 Å². The molecule has 0 radical (unpaired) electrons. The third kappa shape index (κ3) is 8.06. The van der Waals surface area contributed by atoms with E-state index in [2.05, 4.69) is 124 Å². The van der Waals surface area contributed by atoms with Crippen molar-refractivity contribution in [3.63, 3.8) is 0 Å². The summed E-state index contributed by atoms with van der Waals surface area (Å²) < 4.78 is 6.98. The van der Waals surface area contributed by atoms with E-state index in [1.165, 1.54) is 39.2 Å². The largest absolute Gasteiger partial charge is 0.481 e. The molecule has 3 rings (SSSR count). The number of aromatic nitrogens is 1.